The minimum Gasteiger partial charge on any atom is -0.480 e. The van der Waals surface area contributed by atoms with Crippen LogP contribution in [0, 0.1) is 0 Å². The maximum absolute atomic E-state index is 11.2. The minimum absolute atomic E-state index is 0.387. The van der Waals surface area contributed by atoms with Crippen molar-refractivity contribution in [2.75, 3.05) is 19.6 Å². The van der Waals surface area contributed by atoms with Gasteiger partial charge in [-0.2, -0.15) is 0 Å². The molecule has 0 aromatic heterocycles. The Morgan fingerprint density at radius 1 is 1.09 bits per heavy atom. The van der Waals surface area contributed by atoms with Crippen molar-refractivity contribution in [2.45, 2.75) is 90.1 Å². The second kappa shape index (κ2) is 11.9. The normalized spacial score (nSPS) is 20.9. The number of hydrogen-bond donors (Lipinski definition) is 2. The second-order valence-electron chi connectivity index (χ2n) is 6.69. The molecule has 1 rings (SSSR count). The molecular weight excluding hydrogens is 276 g/mol. The van der Waals surface area contributed by atoms with E-state index in [2.05, 4.69) is 24.1 Å². The Balaban J connectivity index is 2.42. The topological polar surface area (TPSA) is 52.6 Å². The SMILES string of the molecule is CCCCCCCC(CCCCC)N1CCN[C@@H](C(=O)O)C1. The molecule has 1 fully saturated rings. The van der Waals surface area contributed by atoms with Crippen LogP contribution in [0.25, 0.3) is 0 Å². The molecule has 4 nitrogen and oxygen atoms in total. The lowest BCUT2D eigenvalue weighted by Crippen LogP contribution is -2.56. The molecule has 22 heavy (non-hydrogen) atoms. The summed E-state index contributed by atoms with van der Waals surface area (Å²) in [6.45, 7) is 6.96. The summed E-state index contributed by atoms with van der Waals surface area (Å²) >= 11 is 0. The van der Waals surface area contributed by atoms with Gasteiger partial charge in [0.1, 0.15) is 6.04 Å². The third kappa shape index (κ3) is 7.59. The average molecular weight is 312 g/mol. The van der Waals surface area contributed by atoms with Gasteiger partial charge in [0.05, 0.1) is 0 Å². The number of carboxylic acids is 1. The van der Waals surface area contributed by atoms with Gasteiger partial charge in [0, 0.05) is 25.7 Å². The first-order valence-electron chi connectivity index (χ1n) is 9.39. The Morgan fingerprint density at radius 3 is 2.32 bits per heavy atom. The molecule has 0 saturated carbocycles. The molecule has 0 amide bonds. The van der Waals surface area contributed by atoms with Gasteiger partial charge >= 0.3 is 5.97 Å². The van der Waals surface area contributed by atoms with Crippen molar-refractivity contribution in [3.05, 3.63) is 0 Å². The maximum atomic E-state index is 11.2. The Hall–Kier alpha value is -0.610. The molecule has 1 heterocycles. The van der Waals surface area contributed by atoms with Crippen LogP contribution in [0.5, 0.6) is 0 Å². The number of carbonyl (C=O) groups is 1. The van der Waals surface area contributed by atoms with Crippen LogP contribution in [0.2, 0.25) is 0 Å². The van der Waals surface area contributed by atoms with Gasteiger partial charge in [0.2, 0.25) is 0 Å². The molecule has 2 atom stereocenters. The van der Waals surface area contributed by atoms with Gasteiger partial charge < -0.3 is 10.4 Å². The summed E-state index contributed by atoms with van der Waals surface area (Å²) in [5.41, 5.74) is 0. The molecule has 0 bridgehead atoms. The first kappa shape index (κ1) is 19.4. The van der Waals surface area contributed by atoms with E-state index in [0.717, 1.165) is 13.1 Å². The fraction of sp³-hybridized carbons (Fsp3) is 0.944. The van der Waals surface area contributed by atoms with E-state index in [1.807, 2.05) is 0 Å². The van der Waals surface area contributed by atoms with E-state index in [0.29, 0.717) is 12.6 Å². The monoisotopic (exact) mass is 312 g/mol. The van der Waals surface area contributed by atoms with Crippen molar-refractivity contribution in [3.8, 4) is 0 Å². The van der Waals surface area contributed by atoms with Crippen LogP contribution in [-0.4, -0.2) is 47.7 Å². The number of hydrogen-bond acceptors (Lipinski definition) is 3. The zero-order valence-corrected chi connectivity index (χ0v) is 14.6. The van der Waals surface area contributed by atoms with Gasteiger partial charge in [-0.05, 0) is 12.8 Å². The lowest BCUT2D eigenvalue weighted by molar-refractivity contribution is -0.141. The van der Waals surface area contributed by atoms with E-state index in [-0.39, 0.29) is 6.04 Å². The van der Waals surface area contributed by atoms with Crippen molar-refractivity contribution in [1.82, 2.24) is 10.2 Å². The molecule has 1 aliphatic heterocycles. The van der Waals surface area contributed by atoms with Crippen molar-refractivity contribution in [3.63, 3.8) is 0 Å². The van der Waals surface area contributed by atoms with Crippen LogP contribution >= 0.6 is 0 Å². The van der Waals surface area contributed by atoms with Crippen molar-refractivity contribution in [2.24, 2.45) is 0 Å². The van der Waals surface area contributed by atoms with E-state index < -0.39 is 5.97 Å². The zero-order chi connectivity index (χ0) is 16.2. The van der Waals surface area contributed by atoms with Crippen LogP contribution in [0.15, 0.2) is 0 Å². The van der Waals surface area contributed by atoms with Gasteiger partial charge in [-0.25, -0.2) is 0 Å². The van der Waals surface area contributed by atoms with Gasteiger partial charge in [-0.1, -0.05) is 65.2 Å². The Labute approximate surface area is 136 Å². The zero-order valence-electron chi connectivity index (χ0n) is 14.6. The molecule has 1 unspecified atom stereocenters. The summed E-state index contributed by atoms with van der Waals surface area (Å²) in [5, 5.41) is 12.3. The molecule has 2 N–H and O–H groups in total. The Morgan fingerprint density at radius 2 is 1.68 bits per heavy atom. The third-order valence-electron chi connectivity index (χ3n) is 4.80. The lowest BCUT2D eigenvalue weighted by Gasteiger charge is -2.38. The Bertz CT molecular complexity index is 297. The molecule has 1 aliphatic rings. The first-order chi connectivity index (χ1) is 10.7. The molecule has 0 aliphatic carbocycles. The summed E-state index contributed by atoms with van der Waals surface area (Å²) in [5.74, 6) is -0.708. The highest BCUT2D eigenvalue weighted by molar-refractivity contribution is 5.73. The smallest absolute Gasteiger partial charge is 0.322 e. The van der Waals surface area contributed by atoms with Crippen LogP contribution in [0.1, 0.15) is 78.1 Å². The highest BCUT2D eigenvalue weighted by atomic mass is 16.4. The quantitative estimate of drug-likeness (QED) is 0.540. The largest absolute Gasteiger partial charge is 0.480 e. The Kier molecular flexibility index (Phi) is 10.5. The fourth-order valence-electron chi connectivity index (χ4n) is 3.39. The van der Waals surface area contributed by atoms with Gasteiger partial charge in [-0.15, -0.1) is 0 Å². The number of nitrogens with one attached hydrogen (secondary N) is 1. The number of unbranched alkanes of at least 4 members (excludes halogenated alkanes) is 6. The van der Waals surface area contributed by atoms with Gasteiger partial charge in [-0.3, -0.25) is 9.69 Å². The van der Waals surface area contributed by atoms with E-state index in [1.54, 1.807) is 0 Å². The highest BCUT2D eigenvalue weighted by Gasteiger charge is 2.28. The fourth-order valence-corrected chi connectivity index (χ4v) is 3.39. The van der Waals surface area contributed by atoms with E-state index >= 15 is 0 Å². The van der Waals surface area contributed by atoms with Crippen molar-refractivity contribution >= 4 is 5.97 Å². The minimum atomic E-state index is -0.708. The summed E-state index contributed by atoms with van der Waals surface area (Å²) in [4.78, 5) is 13.7. The first-order valence-corrected chi connectivity index (χ1v) is 9.39. The molecule has 1 saturated heterocycles. The second-order valence-corrected chi connectivity index (χ2v) is 6.69. The number of carboxylic acid groups (broad SMARTS) is 1. The van der Waals surface area contributed by atoms with Crippen LogP contribution < -0.4 is 5.32 Å². The molecular formula is C18H36N2O2. The van der Waals surface area contributed by atoms with Crippen LogP contribution in [-0.2, 0) is 4.79 Å². The molecule has 0 aromatic carbocycles. The van der Waals surface area contributed by atoms with Crippen LogP contribution in [0.3, 0.4) is 0 Å². The van der Waals surface area contributed by atoms with Gasteiger partial charge in [0.25, 0.3) is 0 Å². The van der Waals surface area contributed by atoms with Crippen LogP contribution in [0.4, 0.5) is 0 Å². The summed E-state index contributed by atoms with van der Waals surface area (Å²) in [7, 11) is 0. The number of aliphatic carboxylic acids is 1. The number of piperazine rings is 1. The third-order valence-corrected chi connectivity index (χ3v) is 4.80. The van der Waals surface area contributed by atoms with Gasteiger partial charge in [0.15, 0.2) is 0 Å². The van der Waals surface area contributed by atoms with E-state index in [4.69, 9.17) is 0 Å². The molecule has 0 aromatic rings. The summed E-state index contributed by atoms with van der Waals surface area (Å²) in [6, 6.07) is 0.194. The molecule has 0 radical (unpaired) electrons. The number of rotatable bonds is 12. The van der Waals surface area contributed by atoms with E-state index in [1.165, 1.54) is 64.2 Å². The molecule has 4 heteroatoms. The number of nitrogens with zero attached hydrogens (tertiary/aromatic N) is 1. The maximum Gasteiger partial charge on any atom is 0.322 e. The molecule has 130 valence electrons. The summed E-state index contributed by atoms with van der Waals surface area (Å²) in [6.07, 6.45) is 12.9. The van der Waals surface area contributed by atoms with Crippen molar-refractivity contribution < 1.29 is 9.90 Å². The predicted molar refractivity (Wildman–Crippen MR) is 92.3 cm³/mol. The van der Waals surface area contributed by atoms with Crippen molar-refractivity contribution in [1.29, 1.82) is 0 Å². The highest BCUT2D eigenvalue weighted by Crippen LogP contribution is 2.19. The predicted octanol–water partition coefficient (Wildman–Crippen LogP) is 3.65. The standard InChI is InChI=1S/C18H36N2O2/c1-3-5-7-8-10-12-16(11-9-6-4-2)20-14-13-19-17(15-20)18(21)22/h16-17,19H,3-15H2,1-2H3,(H,21,22)/t16?,17-/m1/s1. The lowest BCUT2D eigenvalue weighted by atomic mass is 9.98. The average Bonchev–Trinajstić information content (AvgIpc) is 2.53. The summed E-state index contributed by atoms with van der Waals surface area (Å²) < 4.78 is 0. The van der Waals surface area contributed by atoms with E-state index in [9.17, 15) is 9.90 Å². The molecule has 0 spiro atoms.